The van der Waals surface area contributed by atoms with Gasteiger partial charge >= 0.3 is 0 Å². The van der Waals surface area contributed by atoms with Crippen LogP contribution in [0.25, 0.3) is 0 Å². The van der Waals surface area contributed by atoms with Crippen molar-refractivity contribution in [3.05, 3.63) is 112 Å². The molecule has 0 aromatic heterocycles. The maximum absolute atomic E-state index is 14.7. The molecule has 1 heterocycles. The van der Waals surface area contributed by atoms with E-state index in [4.69, 9.17) is 0 Å². The third-order valence-corrected chi connectivity index (χ3v) is 6.61. The number of aryl methyl sites for hydroxylation is 1. The number of halogens is 5. The van der Waals surface area contributed by atoms with Crippen molar-refractivity contribution < 1.29 is 26.7 Å². The maximum Gasteiger partial charge on any atom is 0.251 e. The summed E-state index contributed by atoms with van der Waals surface area (Å²) < 4.78 is 69.7. The zero-order valence-corrected chi connectivity index (χ0v) is 19.9. The predicted octanol–water partition coefficient (Wildman–Crippen LogP) is 6.10. The Morgan fingerprint density at radius 1 is 0.972 bits per heavy atom. The number of benzene rings is 3. The molecule has 3 aromatic carbocycles. The molecule has 1 amide bonds. The van der Waals surface area contributed by atoms with Crippen LogP contribution in [0, 0.1) is 36.0 Å². The largest absolute Gasteiger partial charge is 0.355 e. The smallest absolute Gasteiger partial charge is 0.251 e. The Morgan fingerprint density at radius 2 is 1.64 bits per heavy atom. The summed E-state index contributed by atoms with van der Waals surface area (Å²) in [5.74, 6) is -5.29. The second kappa shape index (κ2) is 9.64. The van der Waals surface area contributed by atoms with Crippen molar-refractivity contribution in [1.29, 1.82) is 0 Å². The highest BCUT2D eigenvalue weighted by Gasteiger charge is 2.31. The second-order valence-electron chi connectivity index (χ2n) is 8.75. The van der Waals surface area contributed by atoms with E-state index in [0.29, 0.717) is 29.2 Å². The number of hydrogen-bond acceptors (Lipinski definition) is 3. The molecule has 4 rings (SSSR count). The van der Waals surface area contributed by atoms with Gasteiger partial charge < -0.3 is 15.1 Å². The van der Waals surface area contributed by atoms with Crippen molar-refractivity contribution in [2.75, 3.05) is 11.9 Å². The average molecular weight is 501 g/mol. The van der Waals surface area contributed by atoms with E-state index in [0.717, 1.165) is 11.6 Å². The molecule has 1 aliphatic heterocycles. The monoisotopic (exact) mass is 501 g/mol. The summed E-state index contributed by atoms with van der Waals surface area (Å²) in [5, 5.41) is 2.44. The van der Waals surface area contributed by atoms with Gasteiger partial charge in [-0.3, -0.25) is 4.79 Å². The standard InChI is InChI=1S/C27H24F5N3O/c1-14-5-8-22(29)26(32)21(14)13-35-16(3)34(4)15(2)19-7-6-17(9-25(19)35)27(36)33-12-20-23(30)10-18(28)11-24(20)31/h5-11,15H,3,12-13H2,1-2,4H3,(H,33,36). The summed E-state index contributed by atoms with van der Waals surface area (Å²) in [6, 6.07) is 8.39. The van der Waals surface area contributed by atoms with Gasteiger partial charge in [0.15, 0.2) is 11.6 Å². The van der Waals surface area contributed by atoms with Gasteiger partial charge in [-0.05, 0) is 43.2 Å². The number of nitrogens with one attached hydrogen (secondary N) is 1. The highest BCUT2D eigenvalue weighted by atomic mass is 19.2. The molecule has 0 fully saturated rings. The Kier molecular flexibility index (Phi) is 6.75. The summed E-state index contributed by atoms with van der Waals surface area (Å²) in [7, 11) is 1.82. The lowest BCUT2D eigenvalue weighted by molar-refractivity contribution is 0.0950. The van der Waals surface area contributed by atoms with E-state index in [9.17, 15) is 26.7 Å². The number of hydrogen-bond donors (Lipinski definition) is 1. The first-order valence-electron chi connectivity index (χ1n) is 11.2. The third-order valence-electron chi connectivity index (χ3n) is 6.61. The number of carbonyl (C=O) groups excluding carboxylic acids is 1. The fourth-order valence-corrected chi connectivity index (χ4v) is 4.26. The minimum atomic E-state index is -1.11. The van der Waals surface area contributed by atoms with Gasteiger partial charge in [-0.1, -0.05) is 18.7 Å². The van der Waals surface area contributed by atoms with E-state index >= 15 is 0 Å². The van der Waals surface area contributed by atoms with E-state index in [2.05, 4.69) is 11.9 Å². The van der Waals surface area contributed by atoms with Gasteiger partial charge in [0.2, 0.25) is 0 Å². The van der Waals surface area contributed by atoms with Crippen LogP contribution < -0.4 is 10.2 Å². The molecular weight excluding hydrogens is 477 g/mol. The molecule has 0 bridgehead atoms. The molecular formula is C27H24F5N3O. The van der Waals surface area contributed by atoms with Crippen LogP contribution in [-0.4, -0.2) is 17.9 Å². The molecule has 188 valence electrons. The first-order chi connectivity index (χ1) is 17.0. The van der Waals surface area contributed by atoms with Crippen molar-refractivity contribution in [2.24, 2.45) is 0 Å². The topological polar surface area (TPSA) is 35.6 Å². The van der Waals surface area contributed by atoms with Gasteiger partial charge in [0.25, 0.3) is 5.91 Å². The van der Waals surface area contributed by atoms with Crippen molar-refractivity contribution in [3.63, 3.8) is 0 Å². The van der Waals surface area contributed by atoms with Crippen molar-refractivity contribution in [2.45, 2.75) is 33.0 Å². The van der Waals surface area contributed by atoms with Gasteiger partial charge in [-0.2, -0.15) is 0 Å². The fraction of sp³-hybridized carbons (Fsp3) is 0.222. The average Bonchev–Trinajstić information content (AvgIpc) is 2.83. The van der Waals surface area contributed by atoms with Gasteiger partial charge in [0, 0.05) is 48.1 Å². The van der Waals surface area contributed by atoms with Crippen LogP contribution in [0.2, 0.25) is 0 Å². The van der Waals surface area contributed by atoms with E-state index in [-0.39, 0.29) is 23.7 Å². The van der Waals surface area contributed by atoms with E-state index < -0.39 is 47.1 Å². The number of nitrogens with zero attached hydrogens (tertiary/aromatic N) is 2. The van der Waals surface area contributed by atoms with Crippen molar-refractivity contribution >= 4 is 11.6 Å². The molecule has 0 radical (unpaired) electrons. The molecule has 1 unspecified atom stereocenters. The second-order valence-corrected chi connectivity index (χ2v) is 8.75. The third kappa shape index (κ3) is 4.53. The van der Waals surface area contributed by atoms with Crippen LogP contribution in [0.5, 0.6) is 0 Å². The van der Waals surface area contributed by atoms with Crippen LogP contribution in [0.4, 0.5) is 27.6 Å². The normalized spacial score (nSPS) is 15.2. The maximum atomic E-state index is 14.7. The van der Waals surface area contributed by atoms with Gasteiger partial charge in [0.05, 0.1) is 12.6 Å². The quantitative estimate of drug-likeness (QED) is 0.429. The molecule has 0 saturated heterocycles. The Balaban J connectivity index is 1.67. The molecule has 1 atom stereocenters. The van der Waals surface area contributed by atoms with E-state index in [1.54, 1.807) is 30.0 Å². The minimum Gasteiger partial charge on any atom is -0.355 e. The van der Waals surface area contributed by atoms with Crippen LogP contribution in [0.1, 0.15) is 45.6 Å². The molecule has 36 heavy (non-hydrogen) atoms. The summed E-state index contributed by atoms with van der Waals surface area (Å²) >= 11 is 0. The van der Waals surface area contributed by atoms with E-state index in [1.165, 1.54) is 6.07 Å². The summed E-state index contributed by atoms with van der Waals surface area (Å²) in [4.78, 5) is 16.4. The fourth-order valence-electron chi connectivity index (χ4n) is 4.26. The highest BCUT2D eigenvalue weighted by molar-refractivity contribution is 5.95. The molecule has 9 heteroatoms. The molecule has 0 saturated carbocycles. The van der Waals surface area contributed by atoms with Crippen molar-refractivity contribution in [1.82, 2.24) is 10.2 Å². The van der Waals surface area contributed by atoms with E-state index in [1.807, 2.05) is 18.9 Å². The number of carbonyl (C=O) groups is 1. The van der Waals surface area contributed by atoms with Crippen LogP contribution in [0.15, 0.2) is 54.9 Å². The van der Waals surface area contributed by atoms with Crippen LogP contribution in [0.3, 0.4) is 0 Å². The summed E-state index contributed by atoms with van der Waals surface area (Å²) in [5.41, 5.74) is 1.82. The number of amides is 1. The lowest BCUT2D eigenvalue weighted by Gasteiger charge is -2.43. The molecule has 0 spiro atoms. The Hall–Kier alpha value is -3.88. The Bertz CT molecular complexity index is 1350. The van der Waals surface area contributed by atoms with Gasteiger partial charge in [-0.25, -0.2) is 22.0 Å². The summed E-state index contributed by atoms with van der Waals surface area (Å²) in [6.07, 6.45) is 0. The zero-order valence-electron chi connectivity index (χ0n) is 19.9. The molecule has 0 aliphatic carbocycles. The van der Waals surface area contributed by atoms with Crippen LogP contribution >= 0.6 is 0 Å². The zero-order chi connectivity index (χ0) is 26.3. The van der Waals surface area contributed by atoms with Crippen LogP contribution in [-0.2, 0) is 13.1 Å². The molecule has 1 N–H and O–H groups in total. The first-order valence-corrected chi connectivity index (χ1v) is 11.2. The number of anilines is 1. The lowest BCUT2D eigenvalue weighted by Crippen LogP contribution is -2.39. The van der Waals surface area contributed by atoms with Crippen molar-refractivity contribution in [3.8, 4) is 0 Å². The molecule has 1 aliphatic rings. The first kappa shape index (κ1) is 25.2. The highest BCUT2D eigenvalue weighted by Crippen LogP contribution is 2.40. The predicted molar refractivity (Wildman–Crippen MR) is 127 cm³/mol. The lowest BCUT2D eigenvalue weighted by atomic mass is 9.97. The number of fused-ring (bicyclic) bond motifs is 1. The summed E-state index contributed by atoms with van der Waals surface area (Å²) in [6.45, 7) is 7.20. The SMILES string of the molecule is C=C1N(Cc2c(C)ccc(F)c2F)c2cc(C(=O)NCc3c(F)cc(F)cc3F)ccc2C(C)N1C. The molecule has 3 aromatic rings. The van der Waals surface area contributed by atoms with Gasteiger partial charge in [0.1, 0.15) is 23.3 Å². The minimum absolute atomic E-state index is 0.0323. The van der Waals surface area contributed by atoms with Gasteiger partial charge in [-0.15, -0.1) is 0 Å². The number of rotatable bonds is 5. The Morgan fingerprint density at radius 3 is 2.31 bits per heavy atom. The Labute approximate surface area is 205 Å². The molecule has 4 nitrogen and oxygen atoms in total.